The third-order valence-corrected chi connectivity index (χ3v) is 7.01. The summed E-state index contributed by atoms with van der Waals surface area (Å²) in [7, 11) is 0. The number of hydrogen-bond donors (Lipinski definition) is 2. The molecule has 1 aromatic heterocycles. The van der Waals surface area contributed by atoms with E-state index in [4.69, 9.17) is 4.74 Å². The predicted octanol–water partition coefficient (Wildman–Crippen LogP) is 5.73. The summed E-state index contributed by atoms with van der Waals surface area (Å²) < 4.78 is 6.50. The molecule has 1 atom stereocenters. The van der Waals surface area contributed by atoms with Crippen molar-refractivity contribution < 1.29 is 24.5 Å². The number of fused-ring (bicyclic) bond motifs is 1. The van der Waals surface area contributed by atoms with Gasteiger partial charge >= 0.3 is 5.91 Å². The van der Waals surface area contributed by atoms with Crippen molar-refractivity contribution in [3.8, 4) is 11.5 Å². The van der Waals surface area contributed by atoms with Crippen LogP contribution in [0.25, 0.3) is 16.0 Å². The fourth-order valence-corrected chi connectivity index (χ4v) is 5.30. The van der Waals surface area contributed by atoms with Crippen LogP contribution in [0.15, 0.2) is 72.3 Å². The molecule has 1 unspecified atom stereocenters. The number of aromatic nitrogens is 1. The van der Waals surface area contributed by atoms with Crippen LogP contribution in [0.1, 0.15) is 36.1 Å². The van der Waals surface area contributed by atoms with Crippen LogP contribution in [0.5, 0.6) is 11.5 Å². The maximum Gasteiger partial charge on any atom is 0.301 e. The smallest absolute Gasteiger partial charge is 0.301 e. The van der Waals surface area contributed by atoms with Crippen molar-refractivity contribution in [2.75, 3.05) is 11.5 Å². The lowest BCUT2D eigenvalue weighted by atomic mass is 9.95. The monoisotopic (exact) mass is 500 g/mol. The van der Waals surface area contributed by atoms with Crippen LogP contribution < -0.4 is 9.64 Å². The van der Waals surface area contributed by atoms with Crippen molar-refractivity contribution in [3.63, 3.8) is 0 Å². The molecular formula is C28H24N2O5S. The van der Waals surface area contributed by atoms with E-state index < -0.39 is 17.7 Å². The molecule has 182 valence electrons. The van der Waals surface area contributed by atoms with E-state index in [1.54, 1.807) is 36.4 Å². The molecule has 2 heterocycles. The van der Waals surface area contributed by atoms with Crippen molar-refractivity contribution >= 4 is 44.1 Å². The Morgan fingerprint density at radius 1 is 1.06 bits per heavy atom. The molecule has 0 saturated carbocycles. The van der Waals surface area contributed by atoms with Gasteiger partial charge in [0.1, 0.15) is 17.3 Å². The van der Waals surface area contributed by atoms with Crippen LogP contribution in [0.4, 0.5) is 5.13 Å². The Morgan fingerprint density at radius 3 is 2.47 bits per heavy atom. The zero-order valence-electron chi connectivity index (χ0n) is 19.8. The van der Waals surface area contributed by atoms with Crippen molar-refractivity contribution in [1.29, 1.82) is 0 Å². The Hall–Kier alpha value is -4.17. The second kappa shape index (κ2) is 9.47. The molecule has 3 aromatic carbocycles. The molecule has 0 radical (unpaired) electrons. The predicted molar refractivity (Wildman–Crippen MR) is 139 cm³/mol. The van der Waals surface area contributed by atoms with E-state index in [1.807, 2.05) is 32.0 Å². The molecule has 0 aliphatic carbocycles. The minimum Gasteiger partial charge on any atom is -0.508 e. The van der Waals surface area contributed by atoms with Crippen molar-refractivity contribution in [1.82, 2.24) is 4.98 Å². The number of carbonyl (C=O) groups excluding carboxylic acids is 2. The Bertz CT molecular complexity index is 1490. The van der Waals surface area contributed by atoms with Crippen molar-refractivity contribution in [3.05, 3.63) is 89.0 Å². The highest BCUT2D eigenvalue weighted by Crippen LogP contribution is 2.44. The van der Waals surface area contributed by atoms with Crippen LogP contribution in [0, 0.1) is 6.92 Å². The molecule has 8 heteroatoms. The number of phenolic OH excluding ortho intramolecular Hbond substituents is 1. The standard InChI is InChI=1S/C28H24N2O5S/c1-3-14-35-20-11-7-18(8-12-20)25(32)23-24(17-5-9-19(31)10-6-17)30(27(34)26(23)33)28-29-21-13-4-16(2)15-22(21)36-28/h4-13,15,24,31-32H,3,14H2,1-2H3. The molecule has 7 nitrogen and oxygen atoms in total. The summed E-state index contributed by atoms with van der Waals surface area (Å²) in [6.45, 7) is 4.55. The van der Waals surface area contributed by atoms with Crippen LogP contribution in [0.2, 0.25) is 0 Å². The summed E-state index contributed by atoms with van der Waals surface area (Å²) in [5.41, 5.74) is 2.69. The summed E-state index contributed by atoms with van der Waals surface area (Å²) in [5, 5.41) is 21.5. The highest BCUT2D eigenvalue weighted by Gasteiger charge is 2.48. The average molecular weight is 501 g/mol. The molecular weight excluding hydrogens is 476 g/mol. The lowest BCUT2D eigenvalue weighted by Crippen LogP contribution is -2.29. The fraction of sp³-hybridized carbons (Fsp3) is 0.179. The number of benzene rings is 3. The minimum absolute atomic E-state index is 0.0386. The Labute approximate surface area is 211 Å². The first-order valence-electron chi connectivity index (χ1n) is 11.6. The van der Waals surface area contributed by atoms with Gasteiger partial charge in [0, 0.05) is 5.56 Å². The van der Waals surface area contributed by atoms with Gasteiger partial charge in [-0.05, 0) is 73.0 Å². The SMILES string of the molecule is CCCOc1ccc(C(O)=C2C(=O)C(=O)N(c3nc4ccc(C)cc4s3)C2c2ccc(O)cc2)cc1. The average Bonchev–Trinajstić information content (AvgIpc) is 3.40. The second-order valence-electron chi connectivity index (χ2n) is 8.60. The summed E-state index contributed by atoms with van der Waals surface area (Å²) in [6.07, 6.45) is 0.864. The van der Waals surface area contributed by atoms with E-state index in [9.17, 15) is 19.8 Å². The third kappa shape index (κ3) is 4.20. The van der Waals surface area contributed by atoms with E-state index in [0.717, 1.165) is 22.2 Å². The van der Waals surface area contributed by atoms with Gasteiger partial charge in [-0.3, -0.25) is 14.5 Å². The molecule has 0 spiro atoms. The number of carbonyl (C=O) groups is 2. The number of anilines is 1. The fourth-order valence-electron chi connectivity index (χ4n) is 4.21. The number of ketones is 1. The number of thiazole rings is 1. The maximum absolute atomic E-state index is 13.3. The molecule has 1 saturated heterocycles. The zero-order valence-corrected chi connectivity index (χ0v) is 20.6. The molecule has 2 N–H and O–H groups in total. The Morgan fingerprint density at radius 2 is 1.78 bits per heavy atom. The number of aromatic hydroxyl groups is 1. The van der Waals surface area contributed by atoms with Gasteiger partial charge in [0.2, 0.25) is 0 Å². The molecule has 1 fully saturated rings. The summed E-state index contributed by atoms with van der Waals surface area (Å²) in [5.74, 6) is -1.16. The summed E-state index contributed by atoms with van der Waals surface area (Å²) >= 11 is 1.31. The van der Waals surface area contributed by atoms with E-state index in [0.29, 0.717) is 28.6 Å². The van der Waals surface area contributed by atoms with Crippen LogP contribution in [0.3, 0.4) is 0 Å². The molecule has 5 rings (SSSR count). The second-order valence-corrected chi connectivity index (χ2v) is 9.61. The molecule has 1 amide bonds. The first-order chi connectivity index (χ1) is 17.4. The number of ether oxygens (including phenoxy) is 1. The van der Waals surface area contributed by atoms with Gasteiger partial charge in [0.05, 0.1) is 28.4 Å². The lowest BCUT2D eigenvalue weighted by molar-refractivity contribution is -0.132. The largest absolute Gasteiger partial charge is 0.508 e. The number of aryl methyl sites for hydroxylation is 1. The van der Waals surface area contributed by atoms with Gasteiger partial charge in [-0.15, -0.1) is 0 Å². The number of phenols is 1. The number of hydrogen-bond acceptors (Lipinski definition) is 7. The van der Waals surface area contributed by atoms with Crippen molar-refractivity contribution in [2.45, 2.75) is 26.3 Å². The summed E-state index contributed by atoms with van der Waals surface area (Å²) in [6, 6.07) is 17.8. The van der Waals surface area contributed by atoms with E-state index >= 15 is 0 Å². The van der Waals surface area contributed by atoms with Gasteiger partial charge in [-0.2, -0.15) is 0 Å². The Balaban J connectivity index is 1.65. The molecule has 0 bridgehead atoms. The number of Topliss-reactive ketones (excluding diaryl/α,β-unsaturated/α-hetero) is 1. The number of rotatable bonds is 6. The van der Waals surface area contributed by atoms with E-state index in [1.165, 1.54) is 28.4 Å². The van der Waals surface area contributed by atoms with Gasteiger partial charge < -0.3 is 14.9 Å². The third-order valence-electron chi connectivity index (χ3n) is 5.99. The molecule has 1 aliphatic rings. The highest BCUT2D eigenvalue weighted by molar-refractivity contribution is 7.22. The lowest BCUT2D eigenvalue weighted by Gasteiger charge is -2.23. The molecule has 1 aliphatic heterocycles. The van der Waals surface area contributed by atoms with Gasteiger partial charge in [0.15, 0.2) is 5.13 Å². The van der Waals surface area contributed by atoms with E-state index in [2.05, 4.69) is 4.98 Å². The zero-order chi connectivity index (χ0) is 25.4. The first kappa shape index (κ1) is 23.6. The highest BCUT2D eigenvalue weighted by atomic mass is 32.1. The van der Waals surface area contributed by atoms with Gasteiger partial charge in [0.25, 0.3) is 5.78 Å². The number of aliphatic hydroxyl groups is 1. The molecule has 36 heavy (non-hydrogen) atoms. The quantitative estimate of drug-likeness (QED) is 0.199. The normalized spacial score (nSPS) is 17.2. The maximum atomic E-state index is 13.3. The van der Waals surface area contributed by atoms with Crippen LogP contribution >= 0.6 is 11.3 Å². The van der Waals surface area contributed by atoms with Crippen LogP contribution in [-0.2, 0) is 9.59 Å². The van der Waals surface area contributed by atoms with Gasteiger partial charge in [-0.25, -0.2) is 4.98 Å². The number of nitrogens with zero attached hydrogens (tertiary/aromatic N) is 2. The number of amides is 1. The van der Waals surface area contributed by atoms with Crippen LogP contribution in [-0.4, -0.2) is 33.5 Å². The first-order valence-corrected chi connectivity index (χ1v) is 12.4. The van der Waals surface area contributed by atoms with Gasteiger partial charge in [-0.1, -0.05) is 36.5 Å². The topological polar surface area (TPSA) is 100.0 Å². The number of aliphatic hydroxyl groups excluding tert-OH is 1. The Kier molecular flexibility index (Phi) is 6.20. The molecule has 4 aromatic rings. The van der Waals surface area contributed by atoms with Crippen molar-refractivity contribution in [2.24, 2.45) is 0 Å². The minimum atomic E-state index is -0.914. The van der Waals surface area contributed by atoms with E-state index in [-0.39, 0.29) is 17.1 Å². The summed E-state index contributed by atoms with van der Waals surface area (Å²) in [4.78, 5) is 32.6.